The maximum Gasteiger partial charge on any atom is 0.221 e. The van der Waals surface area contributed by atoms with E-state index in [4.69, 9.17) is 0 Å². The largest absolute Gasteiger partial charge is 0.337 e. The van der Waals surface area contributed by atoms with E-state index in [0.717, 1.165) is 5.69 Å². The highest BCUT2D eigenvalue weighted by Gasteiger charge is 2.18. The third kappa shape index (κ3) is 3.92. The number of halogens is 1. The van der Waals surface area contributed by atoms with Crippen LogP contribution in [0.1, 0.15) is 23.9 Å². The number of nitrogens with one attached hydrogen (secondary N) is 1. The number of carbonyl (C=O) groups excluding carboxylic acids is 1. The Morgan fingerprint density at radius 2 is 1.92 bits per heavy atom. The van der Waals surface area contributed by atoms with Crippen LogP contribution in [0, 0.1) is 17.1 Å². The predicted octanol–water partition coefficient (Wildman–Crippen LogP) is 2.72. The Hall–Kier alpha value is -3.53. The quantitative estimate of drug-likeness (QED) is 0.742. The summed E-state index contributed by atoms with van der Waals surface area (Å²) in [5, 5.41) is 19.7. The number of hydrogen-bond acceptors (Lipinski definition) is 4. The number of benzene rings is 2. The summed E-state index contributed by atoms with van der Waals surface area (Å²) < 4.78 is 15.6. The normalized spacial score (nSPS) is 11.5. The lowest BCUT2D eigenvalue weighted by Crippen LogP contribution is -2.28. The molecule has 0 fully saturated rings. The lowest BCUT2D eigenvalue weighted by molar-refractivity contribution is -0.121. The van der Waals surface area contributed by atoms with Crippen LogP contribution in [-0.2, 0) is 11.2 Å². The van der Waals surface area contributed by atoms with Crippen molar-refractivity contribution in [1.29, 1.82) is 5.26 Å². The second-order valence-electron chi connectivity index (χ2n) is 5.60. The van der Waals surface area contributed by atoms with E-state index in [1.165, 1.54) is 18.2 Å². The van der Waals surface area contributed by atoms with Crippen LogP contribution in [0.4, 0.5) is 4.39 Å². The highest BCUT2D eigenvalue weighted by Crippen LogP contribution is 2.16. The van der Waals surface area contributed by atoms with Gasteiger partial charge in [0.1, 0.15) is 24.0 Å². The van der Waals surface area contributed by atoms with Crippen molar-refractivity contribution in [2.45, 2.75) is 18.9 Å². The average molecular weight is 349 g/mol. The van der Waals surface area contributed by atoms with Crippen LogP contribution in [0.5, 0.6) is 0 Å². The number of aryl methyl sites for hydroxylation is 1. The molecule has 1 aromatic heterocycles. The van der Waals surface area contributed by atoms with Gasteiger partial charge >= 0.3 is 0 Å². The van der Waals surface area contributed by atoms with Crippen LogP contribution >= 0.6 is 0 Å². The van der Waals surface area contributed by atoms with E-state index in [1.54, 1.807) is 17.0 Å². The van der Waals surface area contributed by atoms with Gasteiger partial charge in [0.2, 0.25) is 5.91 Å². The van der Waals surface area contributed by atoms with Gasteiger partial charge in [0.15, 0.2) is 0 Å². The molecule has 0 bridgehead atoms. The summed E-state index contributed by atoms with van der Waals surface area (Å²) >= 11 is 0. The van der Waals surface area contributed by atoms with E-state index in [9.17, 15) is 14.4 Å². The lowest BCUT2D eigenvalue weighted by atomic mass is 10.1. The predicted molar refractivity (Wildman–Crippen MR) is 92.6 cm³/mol. The number of carbonyl (C=O) groups is 1. The molecule has 0 saturated heterocycles. The number of nitriles is 1. The molecule has 130 valence electrons. The van der Waals surface area contributed by atoms with Crippen molar-refractivity contribution in [2.24, 2.45) is 0 Å². The van der Waals surface area contributed by atoms with Crippen LogP contribution in [0.25, 0.3) is 5.69 Å². The Morgan fingerprint density at radius 1 is 1.19 bits per heavy atom. The molecule has 1 N–H and O–H groups in total. The molecule has 6 nitrogen and oxygen atoms in total. The standard InChI is InChI=1S/C19H16FN5O/c20-16-9-5-4-8-15(16)17(12-21)23-19(26)11-10-18-24-22-13-25(18)14-6-2-1-3-7-14/h1-9,13,17H,10-11H2,(H,23,26). The first kappa shape index (κ1) is 17.3. The SMILES string of the molecule is N#CC(NC(=O)CCc1nncn1-c1ccccc1)c1ccccc1F. The number of rotatable bonds is 6. The molecule has 26 heavy (non-hydrogen) atoms. The van der Waals surface area contributed by atoms with Gasteiger partial charge in [-0.05, 0) is 18.2 Å². The minimum atomic E-state index is -1.03. The third-order valence-corrected chi connectivity index (χ3v) is 3.88. The maximum absolute atomic E-state index is 13.8. The zero-order valence-electron chi connectivity index (χ0n) is 13.8. The van der Waals surface area contributed by atoms with Crippen LogP contribution < -0.4 is 5.32 Å². The number of nitrogens with zero attached hydrogens (tertiary/aromatic N) is 4. The number of hydrogen-bond donors (Lipinski definition) is 1. The van der Waals surface area contributed by atoms with Gasteiger partial charge in [-0.3, -0.25) is 9.36 Å². The van der Waals surface area contributed by atoms with Crippen molar-refractivity contribution < 1.29 is 9.18 Å². The Balaban J connectivity index is 1.64. The molecule has 0 radical (unpaired) electrons. The molecule has 0 aliphatic carbocycles. The number of amides is 1. The molecular weight excluding hydrogens is 333 g/mol. The molecule has 1 amide bonds. The molecule has 1 atom stereocenters. The van der Waals surface area contributed by atoms with Crippen molar-refractivity contribution in [3.8, 4) is 11.8 Å². The van der Waals surface area contributed by atoms with Crippen LogP contribution in [0.2, 0.25) is 0 Å². The monoisotopic (exact) mass is 349 g/mol. The summed E-state index contributed by atoms with van der Waals surface area (Å²) in [6.45, 7) is 0. The van der Waals surface area contributed by atoms with E-state index < -0.39 is 11.9 Å². The first-order valence-electron chi connectivity index (χ1n) is 8.07. The Bertz CT molecular complexity index is 932. The second-order valence-corrected chi connectivity index (χ2v) is 5.60. The zero-order chi connectivity index (χ0) is 18.4. The second kappa shape index (κ2) is 8.03. The van der Waals surface area contributed by atoms with Gasteiger partial charge in [-0.25, -0.2) is 4.39 Å². The molecule has 0 aliphatic rings. The van der Waals surface area contributed by atoms with E-state index in [0.29, 0.717) is 12.2 Å². The van der Waals surface area contributed by atoms with Crippen molar-refractivity contribution >= 4 is 5.91 Å². The Labute approximate surface area is 149 Å². The van der Waals surface area contributed by atoms with Crippen LogP contribution in [-0.4, -0.2) is 20.7 Å². The minimum Gasteiger partial charge on any atom is -0.337 e. The number of aromatic nitrogens is 3. The topological polar surface area (TPSA) is 83.6 Å². The summed E-state index contributed by atoms with van der Waals surface area (Å²) in [7, 11) is 0. The van der Waals surface area contributed by atoms with Crippen molar-refractivity contribution in [3.05, 3.63) is 78.1 Å². The highest BCUT2D eigenvalue weighted by atomic mass is 19.1. The Morgan fingerprint density at radius 3 is 2.65 bits per heavy atom. The van der Waals surface area contributed by atoms with Crippen LogP contribution in [0.3, 0.4) is 0 Å². The van der Waals surface area contributed by atoms with Gasteiger partial charge in [-0.1, -0.05) is 36.4 Å². The zero-order valence-corrected chi connectivity index (χ0v) is 13.8. The number of para-hydroxylation sites is 1. The summed E-state index contributed by atoms with van der Waals surface area (Å²) in [5.41, 5.74) is 1.05. The first-order chi connectivity index (χ1) is 12.7. The molecule has 1 heterocycles. The summed E-state index contributed by atoms with van der Waals surface area (Å²) in [6, 6.07) is 16.3. The highest BCUT2D eigenvalue weighted by molar-refractivity contribution is 5.77. The third-order valence-electron chi connectivity index (χ3n) is 3.88. The van der Waals surface area contributed by atoms with E-state index >= 15 is 0 Å². The Kier molecular flexibility index (Phi) is 5.34. The van der Waals surface area contributed by atoms with Gasteiger partial charge < -0.3 is 5.32 Å². The molecule has 0 spiro atoms. The average Bonchev–Trinajstić information content (AvgIpc) is 3.14. The van der Waals surface area contributed by atoms with Gasteiger partial charge in [-0.15, -0.1) is 10.2 Å². The molecule has 1 unspecified atom stereocenters. The molecular formula is C19H16FN5O. The summed E-state index contributed by atoms with van der Waals surface area (Å²) in [6.07, 6.45) is 2.04. The summed E-state index contributed by atoms with van der Waals surface area (Å²) in [5.74, 6) is -0.253. The summed E-state index contributed by atoms with van der Waals surface area (Å²) in [4.78, 5) is 12.2. The fourth-order valence-electron chi connectivity index (χ4n) is 2.58. The molecule has 3 aromatic rings. The molecule has 0 saturated carbocycles. The van der Waals surface area contributed by atoms with Crippen LogP contribution in [0.15, 0.2) is 60.9 Å². The molecule has 3 rings (SSSR count). The van der Waals surface area contributed by atoms with E-state index in [1.807, 2.05) is 36.4 Å². The fraction of sp³-hybridized carbons (Fsp3) is 0.158. The van der Waals surface area contributed by atoms with Gasteiger partial charge in [0.25, 0.3) is 0 Å². The van der Waals surface area contributed by atoms with Crippen molar-refractivity contribution in [3.63, 3.8) is 0 Å². The molecule has 7 heteroatoms. The molecule has 0 aliphatic heterocycles. The van der Waals surface area contributed by atoms with E-state index in [-0.39, 0.29) is 17.9 Å². The fourth-order valence-corrected chi connectivity index (χ4v) is 2.58. The lowest BCUT2D eigenvalue weighted by Gasteiger charge is -2.13. The first-order valence-corrected chi connectivity index (χ1v) is 8.07. The molecule has 2 aromatic carbocycles. The van der Waals surface area contributed by atoms with Gasteiger partial charge in [0.05, 0.1) is 6.07 Å². The maximum atomic E-state index is 13.8. The smallest absolute Gasteiger partial charge is 0.221 e. The minimum absolute atomic E-state index is 0.109. The van der Waals surface area contributed by atoms with Gasteiger partial charge in [0, 0.05) is 24.1 Å². The van der Waals surface area contributed by atoms with E-state index in [2.05, 4.69) is 15.5 Å². The van der Waals surface area contributed by atoms with Crippen molar-refractivity contribution in [2.75, 3.05) is 0 Å². The van der Waals surface area contributed by atoms with Crippen molar-refractivity contribution in [1.82, 2.24) is 20.1 Å². The van der Waals surface area contributed by atoms with Gasteiger partial charge in [-0.2, -0.15) is 5.26 Å².